The summed E-state index contributed by atoms with van der Waals surface area (Å²) in [5.41, 5.74) is 3.19. The Morgan fingerprint density at radius 1 is 0.931 bits per heavy atom. The molecule has 2 amide bonds. The van der Waals surface area contributed by atoms with Crippen LogP contribution in [-0.4, -0.2) is 18.4 Å². The maximum absolute atomic E-state index is 12.7. The van der Waals surface area contributed by atoms with Crippen LogP contribution in [0.5, 0.6) is 5.75 Å². The van der Waals surface area contributed by atoms with Gasteiger partial charge in [-0.25, -0.2) is 0 Å². The van der Waals surface area contributed by atoms with E-state index in [1.807, 2.05) is 44.2 Å². The largest absolute Gasteiger partial charge is 0.493 e. The Kier molecular flexibility index (Phi) is 6.67. The minimum atomic E-state index is -0.268. The van der Waals surface area contributed by atoms with E-state index in [1.165, 1.54) is 0 Å². The molecule has 2 N–H and O–H groups in total. The summed E-state index contributed by atoms with van der Waals surface area (Å²) in [5.74, 6) is 0.0767. The van der Waals surface area contributed by atoms with Crippen LogP contribution in [0.15, 0.2) is 71.2 Å². The monoisotopic (exact) mass is 452 g/mol. The van der Waals surface area contributed by atoms with Gasteiger partial charge in [-0.15, -0.1) is 0 Å². The van der Waals surface area contributed by atoms with Gasteiger partial charge in [0.05, 0.1) is 12.2 Å². The van der Waals surface area contributed by atoms with E-state index in [0.717, 1.165) is 10.0 Å². The summed E-state index contributed by atoms with van der Waals surface area (Å²) >= 11 is 3.39. The van der Waals surface area contributed by atoms with Crippen LogP contribution in [0.1, 0.15) is 33.2 Å². The van der Waals surface area contributed by atoms with Crippen molar-refractivity contribution in [1.82, 2.24) is 0 Å². The second-order valence-corrected chi connectivity index (χ2v) is 7.29. The van der Waals surface area contributed by atoms with Gasteiger partial charge in [-0.1, -0.05) is 34.1 Å². The third kappa shape index (κ3) is 5.23. The number of hydrogen-bond donors (Lipinski definition) is 2. The van der Waals surface area contributed by atoms with Crippen molar-refractivity contribution in [2.45, 2.75) is 13.8 Å². The Morgan fingerprint density at radius 2 is 1.69 bits per heavy atom. The molecule has 3 aromatic rings. The summed E-state index contributed by atoms with van der Waals surface area (Å²) in [6, 6.07) is 19.7. The molecule has 0 heterocycles. The molecule has 148 valence electrons. The summed E-state index contributed by atoms with van der Waals surface area (Å²) < 4.78 is 6.34. The van der Waals surface area contributed by atoms with Crippen molar-refractivity contribution in [3.05, 3.63) is 87.9 Å². The second kappa shape index (κ2) is 9.39. The first-order chi connectivity index (χ1) is 14.0. The predicted molar refractivity (Wildman–Crippen MR) is 119 cm³/mol. The van der Waals surface area contributed by atoms with Crippen LogP contribution in [0.4, 0.5) is 11.4 Å². The van der Waals surface area contributed by atoms with E-state index in [1.54, 1.807) is 36.4 Å². The smallest absolute Gasteiger partial charge is 0.259 e. The zero-order valence-electron chi connectivity index (χ0n) is 16.2. The van der Waals surface area contributed by atoms with Crippen molar-refractivity contribution in [2.24, 2.45) is 0 Å². The molecular weight excluding hydrogens is 432 g/mol. The molecule has 0 radical (unpaired) electrons. The summed E-state index contributed by atoms with van der Waals surface area (Å²) in [6.07, 6.45) is 0. The van der Waals surface area contributed by atoms with Crippen LogP contribution >= 0.6 is 15.9 Å². The van der Waals surface area contributed by atoms with E-state index >= 15 is 0 Å². The van der Waals surface area contributed by atoms with Gasteiger partial charge in [-0.2, -0.15) is 0 Å². The Labute approximate surface area is 178 Å². The molecule has 0 aliphatic heterocycles. The molecule has 0 unspecified atom stereocenters. The van der Waals surface area contributed by atoms with Gasteiger partial charge < -0.3 is 15.4 Å². The number of amides is 2. The Bertz CT molecular complexity index is 1040. The van der Waals surface area contributed by atoms with Gasteiger partial charge in [0, 0.05) is 21.4 Å². The number of anilines is 2. The molecule has 5 nitrogen and oxygen atoms in total. The van der Waals surface area contributed by atoms with Gasteiger partial charge in [0.25, 0.3) is 11.8 Å². The van der Waals surface area contributed by atoms with Crippen molar-refractivity contribution in [2.75, 3.05) is 17.2 Å². The highest BCUT2D eigenvalue weighted by atomic mass is 79.9. The maximum Gasteiger partial charge on any atom is 0.259 e. The molecule has 0 saturated carbocycles. The molecule has 6 heteroatoms. The first-order valence-corrected chi connectivity index (χ1v) is 9.98. The number of nitrogens with one attached hydrogen (secondary N) is 2. The first kappa shape index (κ1) is 20.6. The van der Waals surface area contributed by atoms with Crippen LogP contribution < -0.4 is 15.4 Å². The summed E-state index contributed by atoms with van der Waals surface area (Å²) in [5, 5.41) is 5.78. The molecule has 29 heavy (non-hydrogen) atoms. The topological polar surface area (TPSA) is 67.4 Å². The molecule has 0 spiro atoms. The molecule has 0 aliphatic rings. The van der Waals surface area contributed by atoms with E-state index in [4.69, 9.17) is 4.74 Å². The number of carbonyl (C=O) groups excluding carboxylic acids is 2. The number of carbonyl (C=O) groups is 2. The Balaban J connectivity index is 1.75. The maximum atomic E-state index is 12.7. The van der Waals surface area contributed by atoms with Crippen LogP contribution in [0, 0.1) is 6.92 Å². The number of aryl methyl sites for hydroxylation is 1. The van der Waals surface area contributed by atoms with Crippen molar-refractivity contribution in [3.63, 3.8) is 0 Å². The molecule has 3 rings (SSSR count). The molecule has 0 bridgehead atoms. The Morgan fingerprint density at radius 3 is 2.38 bits per heavy atom. The van der Waals surface area contributed by atoms with Gasteiger partial charge in [-0.05, 0) is 67.9 Å². The number of rotatable bonds is 6. The van der Waals surface area contributed by atoms with Crippen LogP contribution in [0.2, 0.25) is 0 Å². The van der Waals surface area contributed by atoms with E-state index < -0.39 is 0 Å². The normalized spacial score (nSPS) is 10.3. The highest BCUT2D eigenvalue weighted by Gasteiger charge is 2.14. The number of benzene rings is 3. The van der Waals surface area contributed by atoms with Gasteiger partial charge in [0.15, 0.2) is 0 Å². The molecule has 3 aromatic carbocycles. The first-order valence-electron chi connectivity index (χ1n) is 9.18. The lowest BCUT2D eigenvalue weighted by Gasteiger charge is -2.13. The molecular formula is C23H21BrN2O3. The zero-order chi connectivity index (χ0) is 20.8. The predicted octanol–water partition coefficient (Wildman–Crippen LogP) is 5.66. The van der Waals surface area contributed by atoms with Crippen molar-refractivity contribution in [1.29, 1.82) is 0 Å². The van der Waals surface area contributed by atoms with E-state index in [9.17, 15) is 9.59 Å². The van der Waals surface area contributed by atoms with E-state index in [-0.39, 0.29) is 11.8 Å². The third-order valence-electron chi connectivity index (χ3n) is 4.25. The molecule has 0 aromatic heterocycles. The van der Waals surface area contributed by atoms with Crippen molar-refractivity contribution < 1.29 is 14.3 Å². The zero-order valence-corrected chi connectivity index (χ0v) is 17.7. The van der Waals surface area contributed by atoms with Gasteiger partial charge in [-0.3, -0.25) is 9.59 Å². The number of ether oxygens (including phenoxy) is 1. The van der Waals surface area contributed by atoms with Crippen LogP contribution in [0.25, 0.3) is 0 Å². The molecule has 0 fully saturated rings. The average Bonchev–Trinajstić information content (AvgIpc) is 2.72. The molecule has 0 atom stereocenters. The van der Waals surface area contributed by atoms with Gasteiger partial charge in [0.2, 0.25) is 0 Å². The fraction of sp³-hybridized carbons (Fsp3) is 0.130. The van der Waals surface area contributed by atoms with Crippen molar-refractivity contribution in [3.8, 4) is 5.75 Å². The number of hydrogen-bond acceptors (Lipinski definition) is 3. The quantitative estimate of drug-likeness (QED) is 0.506. The SMILES string of the molecule is CCOc1ccc(Br)cc1C(=O)Nc1ccc(NC(=O)c2ccccc2)c(C)c1. The summed E-state index contributed by atoms with van der Waals surface area (Å²) in [4.78, 5) is 25.1. The molecule has 0 saturated heterocycles. The lowest BCUT2D eigenvalue weighted by atomic mass is 10.1. The minimum absolute atomic E-state index is 0.180. The van der Waals surface area contributed by atoms with Gasteiger partial charge >= 0.3 is 0 Å². The molecule has 0 aliphatic carbocycles. The average molecular weight is 453 g/mol. The van der Waals surface area contributed by atoms with Crippen molar-refractivity contribution >= 4 is 39.1 Å². The van der Waals surface area contributed by atoms with Gasteiger partial charge in [0.1, 0.15) is 5.75 Å². The van der Waals surface area contributed by atoms with E-state index in [0.29, 0.717) is 34.9 Å². The summed E-state index contributed by atoms with van der Waals surface area (Å²) in [6.45, 7) is 4.22. The fourth-order valence-electron chi connectivity index (χ4n) is 2.83. The standard InChI is InChI=1S/C23H21BrN2O3/c1-3-29-21-12-9-17(24)14-19(21)23(28)25-18-10-11-20(15(2)13-18)26-22(27)16-7-5-4-6-8-16/h4-14H,3H2,1-2H3,(H,25,28)(H,26,27). The second-order valence-electron chi connectivity index (χ2n) is 6.38. The van der Waals surface area contributed by atoms with Crippen LogP contribution in [-0.2, 0) is 0 Å². The Hall–Kier alpha value is -3.12. The van der Waals surface area contributed by atoms with Crippen LogP contribution in [0.3, 0.4) is 0 Å². The fourth-order valence-corrected chi connectivity index (χ4v) is 3.19. The lowest BCUT2D eigenvalue weighted by molar-refractivity contribution is 0.101. The highest BCUT2D eigenvalue weighted by Crippen LogP contribution is 2.26. The number of halogens is 1. The minimum Gasteiger partial charge on any atom is -0.493 e. The lowest BCUT2D eigenvalue weighted by Crippen LogP contribution is -2.15. The summed E-state index contributed by atoms with van der Waals surface area (Å²) in [7, 11) is 0. The third-order valence-corrected chi connectivity index (χ3v) is 4.75. The van der Waals surface area contributed by atoms with E-state index in [2.05, 4.69) is 26.6 Å². The highest BCUT2D eigenvalue weighted by molar-refractivity contribution is 9.10.